The Kier molecular flexibility index (Phi) is 4.02. The van der Waals surface area contributed by atoms with Crippen molar-refractivity contribution in [3.05, 3.63) is 59.0 Å². The van der Waals surface area contributed by atoms with E-state index in [0.29, 0.717) is 19.4 Å². The largest absolute Gasteiger partial charge is 0.474 e. The van der Waals surface area contributed by atoms with Crippen LogP contribution in [-0.4, -0.2) is 22.7 Å². The van der Waals surface area contributed by atoms with Crippen molar-refractivity contribution in [1.29, 1.82) is 0 Å². The minimum Gasteiger partial charge on any atom is -0.474 e. The molecule has 0 saturated carbocycles. The molecule has 26 heavy (non-hydrogen) atoms. The first-order chi connectivity index (χ1) is 12.3. The van der Waals surface area contributed by atoms with Crippen molar-refractivity contribution in [2.45, 2.75) is 52.8 Å². The molecule has 2 heterocycles. The zero-order valence-corrected chi connectivity index (χ0v) is 15.6. The lowest BCUT2D eigenvalue weighted by Gasteiger charge is -2.46. The fourth-order valence-electron chi connectivity index (χ4n) is 4.42. The van der Waals surface area contributed by atoms with Crippen molar-refractivity contribution in [3.8, 4) is 0 Å². The lowest BCUT2D eigenvalue weighted by atomic mass is 9.69. The predicted molar refractivity (Wildman–Crippen MR) is 98.8 cm³/mol. The highest BCUT2D eigenvalue weighted by Crippen LogP contribution is 2.48. The Hall–Kier alpha value is -2.36. The molecule has 0 amide bonds. The summed E-state index contributed by atoms with van der Waals surface area (Å²) in [7, 11) is 0. The summed E-state index contributed by atoms with van der Waals surface area (Å²) < 4.78 is 6.31. The van der Waals surface area contributed by atoms with E-state index in [2.05, 4.69) is 30.9 Å². The van der Waals surface area contributed by atoms with Crippen molar-refractivity contribution in [2.24, 2.45) is 11.3 Å². The minimum atomic E-state index is -0.122. The van der Waals surface area contributed by atoms with Crippen LogP contribution in [0.25, 0.3) is 0 Å². The fourth-order valence-corrected chi connectivity index (χ4v) is 4.42. The van der Waals surface area contributed by atoms with Gasteiger partial charge in [-0.3, -0.25) is 9.59 Å². The number of benzene rings is 1. The number of Topliss-reactive ketones (excluding diaryl/α,β-unsaturated/α-hetero) is 2. The highest BCUT2D eigenvalue weighted by atomic mass is 16.5. The summed E-state index contributed by atoms with van der Waals surface area (Å²) >= 11 is 0. The van der Waals surface area contributed by atoms with Crippen LogP contribution in [0.1, 0.15) is 45.6 Å². The average Bonchev–Trinajstić information content (AvgIpc) is 2.56. The summed E-state index contributed by atoms with van der Waals surface area (Å²) in [5, 5.41) is 0. The van der Waals surface area contributed by atoms with E-state index in [9.17, 15) is 9.59 Å². The van der Waals surface area contributed by atoms with E-state index in [1.807, 2.05) is 24.4 Å². The highest BCUT2D eigenvalue weighted by molar-refractivity contribution is 6.02. The van der Waals surface area contributed by atoms with Crippen LogP contribution in [0, 0.1) is 11.3 Å². The normalized spacial score (nSPS) is 26.8. The third-order valence-electron chi connectivity index (χ3n) is 5.61. The van der Waals surface area contributed by atoms with Gasteiger partial charge in [0, 0.05) is 49.1 Å². The second-order valence-electron chi connectivity index (χ2n) is 8.44. The molecule has 0 aromatic heterocycles. The third kappa shape index (κ3) is 2.98. The second kappa shape index (κ2) is 6.11. The van der Waals surface area contributed by atoms with Crippen LogP contribution in [0.5, 0.6) is 0 Å². The average molecular weight is 351 g/mol. The molecule has 4 nitrogen and oxygen atoms in total. The molecule has 136 valence electrons. The molecule has 4 heteroatoms. The van der Waals surface area contributed by atoms with Crippen LogP contribution in [0.3, 0.4) is 0 Å². The Morgan fingerprint density at radius 3 is 2.65 bits per heavy atom. The maximum absolute atomic E-state index is 12.8. The summed E-state index contributed by atoms with van der Waals surface area (Å²) in [5.41, 5.74) is 2.57. The monoisotopic (exact) mass is 351 g/mol. The molecule has 1 aliphatic carbocycles. The van der Waals surface area contributed by atoms with Gasteiger partial charge in [0.1, 0.15) is 5.76 Å². The molecule has 0 unspecified atom stereocenters. The molecule has 0 fully saturated rings. The first-order valence-electron chi connectivity index (χ1n) is 9.29. The SMILES string of the molecule is CC(=O)C1=CN(Cc2ccccc2)[C@H]2C[C@@H]1C1=C(CC(C)(C)CC1=O)O2. The maximum atomic E-state index is 12.8. The summed E-state index contributed by atoms with van der Waals surface area (Å²) in [4.78, 5) is 27.2. The predicted octanol–water partition coefficient (Wildman–Crippen LogP) is 3.98. The van der Waals surface area contributed by atoms with E-state index in [1.165, 1.54) is 5.56 Å². The van der Waals surface area contributed by atoms with E-state index >= 15 is 0 Å². The number of fused-ring (bicyclic) bond motifs is 3. The smallest absolute Gasteiger partial charge is 0.172 e. The van der Waals surface area contributed by atoms with Crippen molar-refractivity contribution >= 4 is 11.6 Å². The van der Waals surface area contributed by atoms with Gasteiger partial charge in [-0.25, -0.2) is 0 Å². The van der Waals surface area contributed by atoms with Crippen LogP contribution in [-0.2, 0) is 20.9 Å². The topological polar surface area (TPSA) is 46.6 Å². The highest BCUT2D eigenvalue weighted by Gasteiger charge is 2.46. The van der Waals surface area contributed by atoms with Gasteiger partial charge in [0.15, 0.2) is 17.8 Å². The van der Waals surface area contributed by atoms with Gasteiger partial charge in [-0.2, -0.15) is 0 Å². The molecule has 1 aromatic carbocycles. The third-order valence-corrected chi connectivity index (χ3v) is 5.61. The number of ether oxygens (including phenoxy) is 1. The van der Waals surface area contributed by atoms with Gasteiger partial charge in [-0.05, 0) is 17.9 Å². The van der Waals surface area contributed by atoms with Gasteiger partial charge >= 0.3 is 0 Å². The number of allylic oxidation sites excluding steroid dienone is 3. The number of carbonyl (C=O) groups is 2. The Labute approximate surface area is 154 Å². The van der Waals surface area contributed by atoms with Crippen LogP contribution in [0.2, 0.25) is 0 Å². The van der Waals surface area contributed by atoms with Crippen LogP contribution < -0.4 is 0 Å². The summed E-state index contributed by atoms with van der Waals surface area (Å²) in [5.74, 6) is 0.871. The molecular weight excluding hydrogens is 326 g/mol. The molecule has 4 rings (SSSR count). The number of carbonyl (C=O) groups excluding carboxylic acids is 2. The van der Waals surface area contributed by atoms with Gasteiger partial charge in [0.05, 0.1) is 0 Å². The number of nitrogens with zero attached hydrogens (tertiary/aromatic N) is 1. The summed E-state index contributed by atoms with van der Waals surface area (Å²) in [6, 6.07) is 10.2. The van der Waals surface area contributed by atoms with Crippen molar-refractivity contribution in [3.63, 3.8) is 0 Å². The molecule has 0 radical (unpaired) electrons. The molecular formula is C22H25NO3. The van der Waals surface area contributed by atoms with E-state index in [-0.39, 0.29) is 29.1 Å². The quantitative estimate of drug-likeness (QED) is 0.826. The standard InChI is InChI=1S/C22H25NO3/c1-14(24)17-13-23(12-15-7-5-4-6-8-15)20-9-16(17)21-18(25)10-22(2,3)11-19(21)26-20/h4-8,13,16,20H,9-12H2,1-3H3/t16-,20+/m0/s1. The summed E-state index contributed by atoms with van der Waals surface area (Å²) in [6.45, 7) is 6.49. The zero-order valence-electron chi connectivity index (χ0n) is 15.6. The minimum absolute atomic E-state index is 0.0397. The van der Waals surface area contributed by atoms with Gasteiger partial charge in [-0.15, -0.1) is 0 Å². The van der Waals surface area contributed by atoms with Crippen molar-refractivity contribution < 1.29 is 14.3 Å². The van der Waals surface area contributed by atoms with E-state index in [0.717, 1.165) is 23.3 Å². The molecule has 1 aromatic rings. The first-order valence-corrected chi connectivity index (χ1v) is 9.29. The van der Waals surface area contributed by atoms with Gasteiger partial charge in [-0.1, -0.05) is 44.2 Å². The maximum Gasteiger partial charge on any atom is 0.172 e. The Bertz CT molecular complexity index is 819. The lowest BCUT2D eigenvalue weighted by molar-refractivity contribution is -0.123. The molecule has 2 atom stereocenters. The van der Waals surface area contributed by atoms with E-state index in [1.54, 1.807) is 6.92 Å². The zero-order chi connectivity index (χ0) is 18.5. The Morgan fingerprint density at radius 2 is 1.96 bits per heavy atom. The summed E-state index contributed by atoms with van der Waals surface area (Å²) in [6.07, 6.45) is 3.75. The van der Waals surface area contributed by atoms with E-state index < -0.39 is 0 Å². The molecule has 3 aliphatic rings. The number of ketones is 2. The Balaban J connectivity index is 1.71. The Morgan fingerprint density at radius 1 is 1.23 bits per heavy atom. The molecule has 0 spiro atoms. The van der Waals surface area contributed by atoms with Gasteiger partial charge < -0.3 is 9.64 Å². The van der Waals surface area contributed by atoms with Crippen molar-refractivity contribution in [2.75, 3.05) is 0 Å². The van der Waals surface area contributed by atoms with Gasteiger partial charge in [0.2, 0.25) is 0 Å². The molecule has 2 bridgehead atoms. The van der Waals surface area contributed by atoms with Crippen LogP contribution >= 0.6 is 0 Å². The molecule has 0 saturated heterocycles. The number of rotatable bonds is 3. The lowest BCUT2D eigenvalue weighted by Crippen LogP contribution is -2.46. The van der Waals surface area contributed by atoms with Crippen molar-refractivity contribution in [1.82, 2.24) is 4.90 Å². The van der Waals surface area contributed by atoms with Gasteiger partial charge in [0.25, 0.3) is 0 Å². The fraction of sp³-hybridized carbons (Fsp3) is 0.455. The number of hydrogen-bond acceptors (Lipinski definition) is 4. The van der Waals surface area contributed by atoms with Crippen LogP contribution in [0.4, 0.5) is 0 Å². The molecule has 0 N–H and O–H groups in total. The van der Waals surface area contributed by atoms with Crippen LogP contribution in [0.15, 0.2) is 53.4 Å². The van der Waals surface area contributed by atoms with E-state index in [4.69, 9.17) is 4.74 Å². The molecule has 2 aliphatic heterocycles. The first kappa shape index (κ1) is 17.1. The number of hydrogen-bond donors (Lipinski definition) is 0. The second-order valence-corrected chi connectivity index (χ2v) is 8.44.